The molecule has 0 unspecified atom stereocenters. The molecular weight excluding hydrogens is 186 g/mol. The number of fused-ring (bicyclic) bond motifs is 1. The van der Waals surface area contributed by atoms with Gasteiger partial charge in [-0.1, -0.05) is 19.1 Å². The van der Waals surface area contributed by atoms with E-state index in [4.69, 9.17) is 4.74 Å². The number of aryl methyl sites for hydroxylation is 1. The number of alkyl halides is 2. The Morgan fingerprint density at radius 3 is 2.93 bits per heavy atom. The first kappa shape index (κ1) is 9.44. The second-order valence-corrected chi connectivity index (χ2v) is 3.62. The van der Waals surface area contributed by atoms with Crippen molar-refractivity contribution in [2.75, 3.05) is 6.61 Å². The van der Waals surface area contributed by atoms with Gasteiger partial charge in [0.25, 0.3) is 5.92 Å². The van der Waals surface area contributed by atoms with Gasteiger partial charge in [0.1, 0.15) is 5.75 Å². The number of ether oxygens (including phenoxy) is 1. The van der Waals surface area contributed by atoms with Crippen molar-refractivity contribution in [1.82, 2.24) is 0 Å². The topological polar surface area (TPSA) is 9.23 Å². The molecule has 1 nitrogen and oxygen atoms in total. The predicted molar refractivity (Wildman–Crippen MR) is 50.0 cm³/mol. The Morgan fingerprint density at radius 2 is 2.21 bits per heavy atom. The minimum absolute atomic E-state index is 0.198. The molecule has 14 heavy (non-hydrogen) atoms. The Bertz CT molecular complexity index is 347. The lowest BCUT2D eigenvalue weighted by Gasteiger charge is -2.25. The van der Waals surface area contributed by atoms with Gasteiger partial charge in [-0.25, -0.2) is 8.78 Å². The molecule has 0 amide bonds. The number of rotatable bonds is 1. The molecule has 0 aromatic heterocycles. The van der Waals surface area contributed by atoms with Crippen molar-refractivity contribution in [2.24, 2.45) is 0 Å². The molecule has 0 fully saturated rings. The monoisotopic (exact) mass is 198 g/mol. The molecule has 0 aliphatic carbocycles. The number of halogens is 2. The third-order valence-corrected chi connectivity index (χ3v) is 2.42. The minimum atomic E-state index is -2.71. The molecule has 0 radical (unpaired) electrons. The number of hydrogen-bond acceptors (Lipinski definition) is 1. The van der Waals surface area contributed by atoms with Crippen LogP contribution in [0.5, 0.6) is 5.75 Å². The summed E-state index contributed by atoms with van der Waals surface area (Å²) in [6.45, 7) is 1.51. The van der Waals surface area contributed by atoms with Gasteiger partial charge in [-0.3, -0.25) is 0 Å². The fourth-order valence-corrected chi connectivity index (χ4v) is 1.64. The summed E-state index contributed by atoms with van der Waals surface area (Å²) in [5.74, 6) is -2.10. The predicted octanol–water partition coefficient (Wildman–Crippen LogP) is 2.82. The van der Waals surface area contributed by atoms with Gasteiger partial charge in [-0.05, 0) is 18.1 Å². The standard InChI is InChI=1S/C11H12F2O/c1-2-8-3-4-10-9(5-8)6-11(12,13)7-14-10/h3-5H,2,6-7H2,1H3. The largest absolute Gasteiger partial charge is 0.487 e. The highest BCUT2D eigenvalue weighted by molar-refractivity contribution is 5.39. The minimum Gasteiger partial charge on any atom is -0.487 e. The van der Waals surface area contributed by atoms with Crippen LogP contribution in [0.15, 0.2) is 18.2 Å². The Hall–Kier alpha value is -1.12. The van der Waals surface area contributed by atoms with Crippen molar-refractivity contribution in [3.05, 3.63) is 29.3 Å². The molecule has 0 saturated heterocycles. The average Bonchev–Trinajstić information content (AvgIpc) is 2.15. The summed E-state index contributed by atoms with van der Waals surface area (Å²) in [6.07, 6.45) is 0.662. The lowest BCUT2D eigenvalue weighted by Crippen LogP contribution is -2.32. The van der Waals surface area contributed by atoms with Crippen LogP contribution in [-0.4, -0.2) is 12.5 Å². The summed E-state index contributed by atoms with van der Waals surface area (Å²) in [5.41, 5.74) is 1.70. The molecule has 1 aliphatic rings. The molecule has 76 valence electrons. The molecule has 0 atom stereocenters. The Morgan fingerprint density at radius 1 is 1.43 bits per heavy atom. The summed E-state index contributed by atoms with van der Waals surface area (Å²) in [6, 6.07) is 5.51. The normalized spacial score (nSPS) is 18.5. The van der Waals surface area contributed by atoms with E-state index < -0.39 is 12.5 Å². The third-order valence-electron chi connectivity index (χ3n) is 2.42. The summed E-state index contributed by atoms with van der Waals surface area (Å²) in [7, 11) is 0. The van der Waals surface area contributed by atoms with Crippen molar-refractivity contribution in [3.8, 4) is 5.75 Å². The quantitative estimate of drug-likeness (QED) is 0.674. The van der Waals surface area contributed by atoms with E-state index in [-0.39, 0.29) is 6.42 Å². The fourth-order valence-electron chi connectivity index (χ4n) is 1.64. The van der Waals surface area contributed by atoms with E-state index in [1.807, 2.05) is 19.1 Å². The van der Waals surface area contributed by atoms with Gasteiger partial charge in [0, 0.05) is 12.0 Å². The van der Waals surface area contributed by atoms with Crippen LogP contribution < -0.4 is 4.74 Å². The lowest BCUT2D eigenvalue weighted by atomic mass is 10.0. The van der Waals surface area contributed by atoms with E-state index >= 15 is 0 Å². The molecular formula is C11H12F2O. The number of benzene rings is 1. The van der Waals surface area contributed by atoms with E-state index in [0.29, 0.717) is 11.3 Å². The summed E-state index contributed by atoms with van der Waals surface area (Å²) in [4.78, 5) is 0. The Labute approximate surface area is 81.7 Å². The second kappa shape index (κ2) is 3.23. The molecule has 1 aliphatic heterocycles. The molecule has 0 bridgehead atoms. The van der Waals surface area contributed by atoms with Gasteiger partial charge in [0.2, 0.25) is 0 Å². The van der Waals surface area contributed by atoms with E-state index in [9.17, 15) is 8.78 Å². The van der Waals surface area contributed by atoms with Gasteiger partial charge in [0.15, 0.2) is 6.61 Å². The van der Waals surface area contributed by atoms with Crippen LogP contribution in [0.3, 0.4) is 0 Å². The van der Waals surface area contributed by atoms with Crippen molar-refractivity contribution in [3.63, 3.8) is 0 Å². The van der Waals surface area contributed by atoms with Crippen LogP contribution in [0, 0.1) is 0 Å². The van der Waals surface area contributed by atoms with Crippen LogP contribution in [0.1, 0.15) is 18.1 Å². The smallest absolute Gasteiger partial charge is 0.285 e. The Balaban J connectivity index is 2.34. The highest BCUT2D eigenvalue weighted by Gasteiger charge is 2.35. The molecule has 1 aromatic rings. The maximum atomic E-state index is 13.0. The maximum absolute atomic E-state index is 13.0. The van der Waals surface area contributed by atoms with Crippen molar-refractivity contribution < 1.29 is 13.5 Å². The zero-order valence-electron chi connectivity index (χ0n) is 8.02. The second-order valence-electron chi connectivity index (χ2n) is 3.62. The van der Waals surface area contributed by atoms with Crippen LogP contribution in [0.25, 0.3) is 0 Å². The van der Waals surface area contributed by atoms with Gasteiger partial charge in [-0.15, -0.1) is 0 Å². The van der Waals surface area contributed by atoms with Crippen LogP contribution in [0.4, 0.5) is 8.78 Å². The van der Waals surface area contributed by atoms with Gasteiger partial charge in [-0.2, -0.15) is 0 Å². The van der Waals surface area contributed by atoms with Crippen molar-refractivity contribution in [2.45, 2.75) is 25.7 Å². The average molecular weight is 198 g/mol. The summed E-state index contributed by atoms with van der Waals surface area (Å²) < 4.78 is 31.0. The fraction of sp³-hybridized carbons (Fsp3) is 0.455. The molecule has 2 rings (SSSR count). The molecule has 0 N–H and O–H groups in total. The van der Waals surface area contributed by atoms with E-state index in [1.165, 1.54) is 0 Å². The van der Waals surface area contributed by atoms with E-state index in [0.717, 1.165) is 12.0 Å². The van der Waals surface area contributed by atoms with Gasteiger partial charge >= 0.3 is 0 Å². The highest BCUT2D eigenvalue weighted by atomic mass is 19.3. The summed E-state index contributed by atoms with van der Waals surface area (Å²) >= 11 is 0. The molecule has 3 heteroatoms. The van der Waals surface area contributed by atoms with Crippen LogP contribution in [0.2, 0.25) is 0 Å². The maximum Gasteiger partial charge on any atom is 0.285 e. The highest BCUT2D eigenvalue weighted by Crippen LogP contribution is 2.33. The zero-order chi connectivity index (χ0) is 10.2. The molecule has 0 saturated carbocycles. The Kier molecular flexibility index (Phi) is 2.17. The van der Waals surface area contributed by atoms with Crippen molar-refractivity contribution in [1.29, 1.82) is 0 Å². The van der Waals surface area contributed by atoms with E-state index in [2.05, 4.69) is 0 Å². The number of hydrogen-bond donors (Lipinski definition) is 0. The SMILES string of the molecule is CCc1ccc2c(c1)CC(F)(F)CO2. The zero-order valence-corrected chi connectivity index (χ0v) is 8.02. The first-order chi connectivity index (χ1) is 6.61. The third kappa shape index (κ3) is 1.72. The van der Waals surface area contributed by atoms with Crippen LogP contribution in [-0.2, 0) is 12.8 Å². The van der Waals surface area contributed by atoms with E-state index in [1.54, 1.807) is 6.07 Å². The first-order valence-corrected chi connectivity index (χ1v) is 4.73. The first-order valence-electron chi connectivity index (χ1n) is 4.73. The molecule has 0 spiro atoms. The molecule has 1 heterocycles. The van der Waals surface area contributed by atoms with Gasteiger partial charge < -0.3 is 4.74 Å². The molecule has 1 aromatic carbocycles. The lowest BCUT2D eigenvalue weighted by molar-refractivity contribution is -0.0514. The summed E-state index contributed by atoms with van der Waals surface area (Å²) in [5, 5.41) is 0. The van der Waals surface area contributed by atoms with Crippen molar-refractivity contribution >= 4 is 0 Å². The van der Waals surface area contributed by atoms with Crippen LogP contribution >= 0.6 is 0 Å². The van der Waals surface area contributed by atoms with Gasteiger partial charge in [0.05, 0.1) is 0 Å².